The van der Waals surface area contributed by atoms with Crippen LogP contribution in [0.2, 0.25) is 0 Å². The van der Waals surface area contributed by atoms with Crippen LogP contribution in [-0.2, 0) is 19.3 Å². The van der Waals surface area contributed by atoms with Gasteiger partial charge in [-0.1, -0.05) is 48.5 Å². The summed E-state index contributed by atoms with van der Waals surface area (Å²) in [4.78, 5) is 0. The summed E-state index contributed by atoms with van der Waals surface area (Å²) in [6, 6.07) is 15.2. The molecule has 0 saturated heterocycles. The molecule has 5 heteroatoms. The standard InChI is InChI=1S/C15H14F3N.CHB/c16-15(17,18)14-9-5-4-8-13(14)11-19-10-12-6-2-1-3-7-12;1-2/h1-9,19H,10-11H2;1H. The fraction of sp³-hybridized carbons (Fsp3) is 0.188. The Kier molecular flexibility index (Phi) is 6.79. The van der Waals surface area contributed by atoms with E-state index in [1.165, 1.54) is 12.1 Å². The number of hydrogen-bond donors (Lipinski definition) is 1. The molecule has 2 rings (SSSR count). The SMILES string of the molecule is B#C.FC(F)(F)c1ccccc1CNCc1ccccc1. The van der Waals surface area contributed by atoms with E-state index in [9.17, 15) is 13.2 Å². The molecule has 0 atom stereocenters. The zero-order chi connectivity index (χ0) is 15.7. The molecule has 0 bridgehead atoms. The van der Waals surface area contributed by atoms with Crippen molar-refractivity contribution in [1.29, 1.82) is 0 Å². The molecular weight excluding hydrogens is 274 g/mol. The van der Waals surface area contributed by atoms with Crippen molar-refractivity contribution in [1.82, 2.24) is 5.32 Å². The monoisotopic (exact) mass is 289 g/mol. The van der Waals surface area contributed by atoms with E-state index in [2.05, 4.69) is 19.0 Å². The van der Waals surface area contributed by atoms with Gasteiger partial charge in [0.2, 0.25) is 0 Å². The number of hydrogen-bond acceptors (Lipinski definition) is 1. The first-order valence-electron chi connectivity index (χ1n) is 6.30. The maximum atomic E-state index is 12.8. The van der Waals surface area contributed by atoms with Crippen molar-refractivity contribution in [3.05, 3.63) is 71.3 Å². The smallest absolute Gasteiger partial charge is 0.309 e. The average Bonchev–Trinajstić information content (AvgIpc) is 2.50. The van der Waals surface area contributed by atoms with Gasteiger partial charge in [0.25, 0.3) is 0 Å². The van der Waals surface area contributed by atoms with Crippen LogP contribution < -0.4 is 5.32 Å². The summed E-state index contributed by atoms with van der Waals surface area (Å²) in [6.45, 7) is 0.748. The first kappa shape index (κ1) is 17.1. The zero-order valence-corrected chi connectivity index (χ0v) is 11.4. The Hall–Kier alpha value is -1.97. The van der Waals surface area contributed by atoms with Gasteiger partial charge in [0, 0.05) is 13.1 Å². The number of rotatable bonds is 4. The molecule has 2 aromatic rings. The van der Waals surface area contributed by atoms with Crippen molar-refractivity contribution in [3.63, 3.8) is 0 Å². The molecule has 0 aromatic heterocycles. The van der Waals surface area contributed by atoms with Gasteiger partial charge in [0.1, 0.15) is 0 Å². The molecule has 1 N–H and O–H groups in total. The molecule has 0 aliphatic rings. The minimum atomic E-state index is -4.30. The van der Waals surface area contributed by atoms with Crippen LogP contribution in [0.25, 0.3) is 0 Å². The molecule has 0 heterocycles. The van der Waals surface area contributed by atoms with Crippen molar-refractivity contribution in [3.8, 4) is 6.31 Å². The summed E-state index contributed by atoms with van der Waals surface area (Å²) in [5.41, 5.74) is 0.744. The van der Waals surface area contributed by atoms with Crippen LogP contribution in [0.5, 0.6) is 0 Å². The molecule has 0 aliphatic carbocycles. The van der Waals surface area contributed by atoms with Crippen LogP contribution in [0.15, 0.2) is 54.6 Å². The molecule has 0 unspecified atom stereocenters. The second-order valence-corrected chi connectivity index (χ2v) is 4.24. The summed E-state index contributed by atoms with van der Waals surface area (Å²) in [6.07, 6.45) is -0.301. The van der Waals surface area contributed by atoms with E-state index >= 15 is 0 Å². The summed E-state index contributed by atoms with van der Waals surface area (Å²) >= 11 is 0. The Morgan fingerprint density at radius 3 is 2.05 bits per heavy atom. The van der Waals surface area contributed by atoms with Gasteiger partial charge in [-0.25, -0.2) is 0 Å². The molecule has 0 radical (unpaired) electrons. The minimum Gasteiger partial charge on any atom is -0.309 e. The first-order valence-corrected chi connectivity index (χ1v) is 6.30. The molecule has 1 nitrogen and oxygen atoms in total. The van der Waals surface area contributed by atoms with Gasteiger partial charge in [-0.05, 0) is 17.2 Å². The summed E-state index contributed by atoms with van der Waals surface area (Å²) in [7, 11) is 4.00. The predicted octanol–water partition coefficient (Wildman–Crippen LogP) is 3.74. The number of alkyl halides is 3. The van der Waals surface area contributed by atoms with Gasteiger partial charge < -0.3 is 5.32 Å². The van der Waals surface area contributed by atoms with Crippen molar-refractivity contribution < 1.29 is 13.2 Å². The van der Waals surface area contributed by atoms with Gasteiger partial charge in [-0.3, -0.25) is 0 Å². The van der Waals surface area contributed by atoms with E-state index in [1.807, 2.05) is 30.3 Å². The topological polar surface area (TPSA) is 12.0 Å². The molecule has 0 spiro atoms. The number of benzene rings is 2. The van der Waals surface area contributed by atoms with E-state index in [0.29, 0.717) is 6.54 Å². The Bertz CT molecular complexity index is 564. The normalized spacial score (nSPS) is 10.7. The van der Waals surface area contributed by atoms with Gasteiger partial charge in [0.15, 0.2) is 0 Å². The molecule has 0 saturated carbocycles. The molecule has 0 fully saturated rings. The van der Waals surface area contributed by atoms with Crippen LogP contribution in [0, 0.1) is 6.31 Å². The van der Waals surface area contributed by atoms with Crippen molar-refractivity contribution in [2.45, 2.75) is 19.3 Å². The maximum Gasteiger partial charge on any atom is 0.416 e. The predicted molar refractivity (Wildman–Crippen MR) is 79.1 cm³/mol. The van der Waals surface area contributed by atoms with E-state index < -0.39 is 11.7 Å². The first-order chi connectivity index (χ1) is 10.1. The van der Waals surface area contributed by atoms with E-state index in [0.717, 1.165) is 11.6 Å². The Balaban J connectivity index is 0.00000106. The van der Waals surface area contributed by atoms with Crippen molar-refractivity contribution in [2.75, 3.05) is 0 Å². The molecule has 21 heavy (non-hydrogen) atoms. The molecule has 2 aromatic carbocycles. The Morgan fingerprint density at radius 1 is 0.857 bits per heavy atom. The van der Waals surface area contributed by atoms with Crippen LogP contribution in [0.1, 0.15) is 16.7 Å². The molecule has 108 valence electrons. The van der Waals surface area contributed by atoms with Crippen molar-refractivity contribution in [2.24, 2.45) is 0 Å². The largest absolute Gasteiger partial charge is 0.416 e. The summed E-state index contributed by atoms with van der Waals surface area (Å²) in [5, 5.41) is 3.03. The quantitative estimate of drug-likeness (QED) is 0.845. The number of halogens is 3. The van der Waals surface area contributed by atoms with Crippen LogP contribution in [0.4, 0.5) is 13.2 Å². The Labute approximate surface area is 123 Å². The number of nitrogens with one attached hydrogen (secondary N) is 1. The van der Waals surface area contributed by atoms with Gasteiger partial charge in [-0.15, -0.1) is 0 Å². The van der Waals surface area contributed by atoms with Gasteiger partial charge >= 0.3 is 19.8 Å². The zero-order valence-electron chi connectivity index (χ0n) is 11.4. The molecular formula is C16H15BF3N. The van der Waals surface area contributed by atoms with Gasteiger partial charge in [-0.2, -0.15) is 13.2 Å². The molecule has 0 amide bonds. The van der Waals surface area contributed by atoms with Crippen molar-refractivity contribution >= 4 is 7.33 Å². The van der Waals surface area contributed by atoms with Crippen LogP contribution >= 0.6 is 0 Å². The third kappa shape index (κ3) is 5.50. The average molecular weight is 289 g/mol. The fourth-order valence-electron chi connectivity index (χ4n) is 1.89. The minimum absolute atomic E-state index is 0.199. The third-order valence-electron chi connectivity index (χ3n) is 2.81. The summed E-state index contributed by atoms with van der Waals surface area (Å²) in [5.74, 6) is 0. The summed E-state index contributed by atoms with van der Waals surface area (Å²) < 4.78 is 38.3. The van der Waals surface area contributed by atoms with Crippen LogP contribution in [-0.4, -0.2) is 7.33 Å². The second-order valence-electron chi connectivity index (χ2n) is 4.24. The Morgan fingerprint density at radius 2 is 1.43 bits per heavy atom. The van der Waals surface area contributed by atoms with Gasteiger partial charge in [0.05, 0.1) is 5.56 Å². The fourth-order valence-corrected chi connectivity index (χ4v) is 1.89. The molecule has 0 aliphatic heterocycles. The van der Waals surface area contributed by atoms with E-state index in [1.54, 1.807) is 6.07 Å². The van der Waals surface area contributed by atoms with E-state index in [4.69, 9.17) is 0 Å². The van der Waals surface area contributed by atoms with Crippen LogP contribution in [0.3, 0.4) is 0 Å². The third-order valence-corrected chi connectivity index (χ3v) is 2.81. The van der Waals surface area contributed by atoms with E-state index in [-0.39, 0.29) is 12.1 Å². The maximum absolute atomic E-state index is 12.8. The second kappa shape index (κ2) is 8.35.